The Kier molecular flexibility index (Phi) is 6.16. The number of para-hydroxylation sites is 1. The fourth-order valence-corrected chi connectivity index (χ4v) is 4.05. The Balaban J connectivity index is 1.56. The van der Waals surface area contributed by atoms with Gasteiger partial charge in [0.2, 0.25) is 5.91 Å². The lowest BCUT2D eigenvalue weighted by Crippen LogP contribution is -2.28. The monoisotopic (exact) mass is 427 g/mol. The number of aromatic nitrogens is 1. The summed E-state index contributed by atoms with van der Waals surface area (Å²) in [6, 6.07) is 23.2. The van der Waals surface area contributed by atoms with Crippen molar-refractivity contribution in [2.75, 3.05) is 0 Å². The van der Waals surface area contributed by atoms with Crippen LogP contribution in [0, 0.1) is 17.1 Å². The Labute approximate surface area is 183 Å². The van der Waals surface area contributed by atoms with Gasteiger partial charge in [0.1, 0.15) is 10.8 Å². The van der Waals surface area contributed by atoms with E-state index in [4.69, 9.17) is 5.26 Å². The normalized spacial score (nSPS) is 11.0. The summed E-state index contributed by atoms with van der Waals surface area (Å²) in [6.45, 7) is 0.603. The van der Waals surface area contributed by atoms with E-state index < -0.39 is 0 Å². The van der Waals surface area contributed by atoms with Crippen LogP contribution in [0.2, 0.25) is 0 Å². The molecule has 0 aliphatic rings. The van der Waals surface area contributed by atoms with Gasteiger partial charge in [-0.1, -0.05) is 36.4 Å². The minimum atomic E-state index is -0.340. The first kappa shape index (κ1) is 20.5. The highest BCUT2D eigenvalue weighted by Gasteiger charge is 2.13. The zero-order valence-electron chi connectivity index (χ0n) is 16.5. The highest BCUT2D eigenvalue weighted by atomic mass is 32.1. The number of thiazole rings is 1. The molecule has 4 nitrogen and oxygen atoms in total. The van der Waals surface area contributed by atoms with Gasteiger partial charge in [0.05, 0.1) is 21.8 Å². The molecule has 6 heteroatoms. The van der Waals surface area contributed by atoms with Gasteiger partial charge in [0.25, 0.3) is 0 Å². The zero-order chi connectivity index (χ0) is 21.6. The van der Waals surface area contributed by atoms with Gasteiger partial charge in [-0.3, -0.25) is 4.79 Å². The molecule has 152 valence electrons. The van der Waals surface area contributed by atoms with Gasteiger partial charge in [0, 0.05) is 19.2 Å². The molecule has 3 aromatic carbocycles. The molecular weight excluding hydrogens is 409 g/mol. The highest BCUT2D eigenvalue weighted by molar-refractivity contribution is 7.19. The average molecular weight is 428 g/mol. The van der Waals surface area contributed by atoms with Crippen LogP contribution >= 0.6 is 11.3 Å². The molecule has 0 atom stereocenters. The van der Waals surface area contributed by atoms with Crippen LogP contribution in [-0.2, 0) is 17.9 Å². The van der Waals surface area contributed by atoms with Crippen molar-refractivity contribution < 1.29 is 9.18 Å². The second-order valence-electron chi connectivity index (χ2n) is 6.99. The summed E-state index contributed by atoms with van der Waals surface area (Å²) in [6.07, 6.45) is 3.21. The van der Waals surface area contributed by atoms with Crippen LogP contribution in [0.1, 0.15) is 21.7 Å². The summed E-state index contributed by atoms with van der Waals surface area (Å²) in [7, 11) is 0. The van der Waals surface area contributed by atoms with E-state index in [2.05, 4.69) is 11.1 Å². The fourth-order valence-electron chi connectivity index (χ4n) is 3.18. The van der Waals surface area contributed by atoms with Gasteiger partial charge in [-0.2, -0.15) is 5.26 Å². The van der Waals surface area contributed by atoms with Gasteiger partial charge in [-0.25, -0.2) is 9.37 Å². The predicted octanol–water partition coefficient (Wildman–Crippen LogP) is 5.55. The first-order chi connectivity index (χ1) is 15.1. The molecule has 0 unspecified atom stereocenters. The largest absolute Gasteiger partial charge is 0.331 e. The van der Waals surface area contributed by atoms with E-state index in [0.717, 1.165) is 20.8 Å². The van der Waals surface area contributed by atoms with Crippen LogP contribution in [-0.4, -0.2) is 15.8 Å². The standard InChI is InChI=1S/C25H18FN3OS/c26-21-5-3-4-20(14-21)17-29(16-19-10-8-18(15-27)9-11-19)25(30)13-12-24-28-22-6-1-2-7-23(22)31-24/h1-14H,16-17H2/b13-12+. The molecule has 0 bridgehead atoms. The van der Waals surface area contributed by atoms with Gasteiger partial charge >= 0.3 is 0 Å². The lowest BCUT2D eigenvalue weighted by molar-refractivity contribution is -0.127. The summed E-state index contributed by atoms with van der Waals surface area (Å²) in [5, 5.41) is 9.73. The van der Waals surface area contributed by atoms with Crippen molar-refractivity contribution in [1.29, 1.82) is 5.26 Å². The maximum Gasteiger partial charge on any atom is 0.247 e. The molecule has 0 saturated heterocycles. The number of hydrogen-bond acceptors (Lipinski definition) is 4. The SMILES string of the molecule is N#Cc1ccc(CN(Cc2cccc(F)c2)C(=O)/C=C/c2nc3ccccc3s2)cc1. The Bertz CT molecular complexity index is 1260. The molecule has 0 fully saturated rings. The van der Waals surface area contributed by atoms with E-state index in [-0.39, 0.29) is 18.3 Å². The summed E-state index contributed by atoms with van der Waals surface area (Å²) >= 11 is 1.52. The lowest BCUT2D eigenvalue weighted by Gasteiger charge is -2.22. The molecule has 31 heavy (non-hydrogen) atoms. The molecule has 0 N–H and O–H groups in total. The Morgan fingerprint density at radius 1 is 1.03 bits per heavy atom. The lowest BCUT2D eigenvalue weighted by atomic mass is 10.1. The van der Waals surface area contributed by atoms with Gasteiger partial charge in [-0.15, -0.1) is 11.3 Å². The predicted molar refractivity (Wildman–Crippen MR) is 120 cm³/mol. The van der Waals surface area contributed by atoms with Crippen LogP contribution in [0.25, 0.3) is 16.3 Å². The molecule has 0 aliphatic heterocycles. The number of nitrogens with zero attached hydrogens (tertiary/aromatic N) is 3. The van der Waals surface area contributed by atoms with Crippen molar-refractivity contribution in [3.8, 4) is 6.07 Å². The number of carbonyl (C=O) groups excluding carboxylic acids is 1. The number of rotatable bonds is 6. The minimum Gasteiger partial charge on any atom is -0.331 e. The third-order valence-electron chi connectivity index (χ3n) is 4.71. The molecule has 1 heterocycles. The van der Waals surface area contributed by atoms with Crippen LogP contribution in [0.15, 0.2) is 78.9 Å². The van der Waals surface area contributed by atoms with E-state index in [9.17, 15) is 9.18 Å². The molecule has 0 spiro atoms. The van der Waals surface area contributed by atoms with Crippen molar-refractivity contribution >= 4 is 33.5 Å². The number of hydrogen-bond donors (Lipinski definition) is 0. The van der Waals surface area contributed by atoms with E-state index in [0.29, 0.717) is 17.7 Å². The van der Waals surface area contributed by atoms with E-state index in [1.807, 2.05) is 36.4 Å². The topological polar surface area (TPSA) is 57.0 Å². The second-order valence-corrected chi connectivity index (χ2v) is 8.05. The molecule has 0 radical (unpaired) electrons. The number of fused-ring (bicyclic) bond motifs is 1. The Hall–Kier alpha value is -3.82. The number of carbonyl (C=O) groups is 1. The quantitative estimate of drug-likeness (QED) is 0.379. The maximum absolute atomic E-state index is 13.6. The van der Waals surface area contributed by atoms with E-state index in [1.165, 1.54) is 29.5 Å². The molecule has 4 aromatic rings. The first-order valence-electron chi connectivity index (χ1n) is 9.67. The van der Waals surface area contributed by atoms with Gasteiger partial charge in [-0.05, 0) is 53.6 Å². The molecule has 4 rings (SSSR count). The van der Waals surface area contributed by atoms with Crippen molar-refractivity contribution in [2.24, 2.45) is 0 Å². The van der Waals surface area contributed by atoms with Crippen LogP contribution in [0.4, 0.5) is 4.39 Å². The molecule has 1 amide bonds. The summed E-state index contributed by atoms with van der Waals surface area (Å²) in [5.74, 6) is -0.541. The van der Waals surface area contributed by atoms with Gasteiger partial charge in [0.15, 0.2) is 0 Å². The van der Waals surface area contributed by atoms with Crippen molar-refractivity contribution in [3.05, 3.63) is 106 Å². The van der Waals surface area contributed by atoms with Crippen LogP contribution in [0.5, 0.6) is 0 Å². The number of nitriles is 1. The van der Waals surface area contributed by atoms with Crippen molar-refractivity contribution in [1.82, 2.24) is 9.88 Å². The van der Waals surface area contributed by atoms with E-state index >= 15 is 0 Å². The average Bonchev–Trinajstić information content (AvgIpc) is 3.20. The summed E-state index contributed by atoms with van der Waals surface area (Å²) in [4.78, 5) is 19.2. The van der Waals surface area contributed by atoms with Crippen LogP contribution in [0.3, 0.4) is 0 Å². The maximum atomic E-state index is 13.6. The zero-order valence-corrected chi connectivity index (χ0v) is 17.3. The molecule has 0 saturated carbocycles. The molecular formula is C25H18FN3OS. The molecule has 1 aromatic heterocycles. The number of halogens is 1. The minimum absolute atomic E-state index is 0.201. The smallest absolute Gasteiger partial charge is 0.247 e. The van der Waals surface area contributed by atoms with Gasteiger partial charge < -0.3 is 4.90 Å². The third kappa shape index (κ3) is 5.21. The number of benzene rings is 3. The number of amides is 1. The summed E-state index contributed by atoms with van der Waals surface area (Å²) < 4.78 is 14.7. The third-order valence-corrected chi connectivity index (χ3v) is 5.71. The van der Waals surface area contributed by atoms with Crippen molar-refractivity contribution in [2.45, 2.75) is 13.1 Å². The Morgan fingerprint density at radius 2 is 1.81 bits per heavy atom. The Morgan fingerprint density at radius 3 is 2.55 bits per heavy atom. The first-order valence-corrected chi connectivity index (χ1v) is 10.5. The van der Waals surface area contributed by atoms with E-state index in [1.54, 1.807) is 35.2 Å². The summed E-state index contributed by atoms with van der Waals surface area (Å²) in [5.41, 5.74) is 3.05. The second kappa shape index (κ2) is 9.33. The fraction of sp³-hybridized carbons (Fsp3) is 0.0800. The molecule has 0 aliphatic carbocycles. The van der Waals surface area contributed by atoms with Crippen molar-refractivity contribution in [3.63, 3.8) is 0 Å². The van der Waals surface area contributed by atoms with Crippen LogP contribution < -0.4 is 0 Å². The highest BCUT2D eigenvalue weighted by Crippen LogP contribution is 2.22.